The lowest BCUT2D eigenvalue weighted by atomic mass is 10.1. The van der Waals surface area contributed by atoms with E-state index in [0.29, 0.717) is 12.1 Å². The number of aliphatic imine (C=N–C) groups is 1. The van der Waals surface area contributed by atoms with Crippen molar-refractivity contribution in [2.75, 3.05) is 25.9 Å². The molecule has 0 aromatic heterocycles. The molecule has 0 fully saturated rings. The Labute approximate surface area is 170 Å². The highest BCUT2D eigenvalue weighted by molar-refractivity contribution is 7.99. The predicted molar refractivity (Wildman–Crippen MR) is 114 cm³/mol. The van der Waals surface area contributed by atoms with Crippen molar-refractivity contribution >= 4 is 23.6 Å². The lowest BCUT2D eigenvalue weighted by Gasteiger charge is -2.11. The van der Waals surface area contributed by atoms with Crippen LogP contribution in [-0.2, 0) is 6.54 Å². The van der Waals surface area contributed by atoms with Crippen molar-refractivity contribution in [3.05, 3.63) is 65.5 Å². The van der Waals surface area contributed by atoms with Gasteiger partial charge in [-0.1, -0.05) is 12.1 Å². The molecular formula is C21H27FN4OS. The van der Waals surface area contributed by atoms with E-state index in [9.17, 15) is 9.18 Å². The van der Waals surface area contributed by atoms with Crippen LogP contribution in [0.1, 0.15) is 29.3 Å². The Morgan fingerprint density at radius 3 is 2.43 bits per heavy atom. The number of halogens is 1. The molecule has 2 aromatic carbocycles. The normalized spacial score (nSPS) is 11.2. The molecule has 0 bridgehead atoms. The van der Waals surface area contributed by atoms with Gasteiger partial charge in [0.1, 0.15) is 5.82 Å². The van der Waals surface area contributed by atoms with Crippen LogP contribution in [0.5, 0.6) is 0 Å². The van der Waals surface area contributed by atoms with Crippen LogP contribution in [0, 0.1) is 5.82 Å². The number of nitrogens with one attached hydrogen (secondary N) is 3. The van der Waals surface area contributed by atoms with Crippen molar-refractivity contribution < 1.29 is 9.18 Å². The summed E-state index contributed by atoms with van der Waals surface area (Å²) in [6.45, 7) is 4.15. The molecule has 0 heterocycles. The van der Waals surface area contributed by atoms with E-state index in [1.165, 1.54) is 12.1 Å². The smallest absolute Gasteiger partial charge is 0.251 e. The molecular weight excluding hydrogens is 375 g/mol. The minimum atomic E-state index is -0.208. The van der Waals surface area contributed by atoms with E-state index in [-0.39, 0.29) is 11.7 Å². The summed E-state index contributed by atoms with van der Waals surface area (Å²) in [5.41, 5.74) is 1.68. The zero-order chi connectivity index (χ0) is 20.2. The molecule has 7 heteroatoms. The molecule has 0 aliphatic heterocycles. The first kappa shape index (κ1) is 21.8. The quantitative estimate of drug-likeness (QED) is 0.260. The van der Waals surface area contributed by atoms with Crippen LogP contribution in [0.25, 0.3) is 0 Å². The number of hydrogen-bond donors (Lipinski definition) is 3. The summed E-state index contributed by atoms with van der Waals surface area (Å²) in [6, 6.07) is 14.0. The molecule has 150 valence electrons. The first-order chi connectivity index (χ1) is 13.6. The average molecular weight is 403 g/mol. The van der Waals surface area contributed by atoms with Crippen molar-refractivity contribution in [2.45, 2.75) is 24.8 Å². The summed E-state index contributed by atoms with van der Waals surface area (Å²) in [5, 5.41) is 9.17. The number of benzene rings is 2. The molecule has 28 heavy (non-hydrogen) atoms. The summed E-state index contributed by atoms with van der Waals surface area (Å²) in [7, 11) is 1.62. The Balaban J connectivity index is 1.76. The maximum Gasteiger partial charge on any atom is 0.251 e. The summed E-state index contributed by atoms with van der Waals surface area (Å²) in [5.74, 6) is 1.41. The second-order valence-electron chi connectivity index (χ2n) is 6.05. The Morgan fingerprint density at radius 2 is 1.79 bits per heavy atom. The fourth-order valence-corrected chi connectivity index (χ4v) is 3.27. The lowest BCUT2D eigenvalue weighted by Crippen LogP contribution is -2.37. The van der Waals surface area contributed by atoms with Crippen LogP contribution < -0.4 is 16.0 Å². The molecule has 0 aliphatic carbocycles. The zero-order valence-electron chi connectivity index (χ0n) is 16.3. The lowest BCUT2D eigenvalue weighted by molar-refractivity contribution is 0.0963. The third-order valence-electron chi connectivity index (χ3n) is 3.90. The van der Waals surface area contributed by atoms with Crippen LogP contribution in [0.3, 0.4) is 0 Å². The van der Waals surface area contributed by atoms with Crippen molar-refractivity contribution in [3.8, 4) is 0 Å². The number of rotatable bonds is 9. The Morgan fingerprint density at radius 1 is 1.07 bits per heavy atom. The van der Waals surface area contributed by atoms with Gasteiger partial charge in [0, 0.05) is 30.6 Å². The van der Waals surface area contributed by atoms with Gasteiger partial charge < -0.3 is 16.0 Å². The van der Waals surface area contributed by atoms with Gasteiger partial charge in [-0.2, -0.15) is 0 Å². The molecule has 0 spiro atoms. The summed E-state index contributed by atoms with van der Waals surface area (Å²) in [4.78, 5) is 17.2. The standard InChI is InChI=1S/C21H27FN4OS/c1-3-24-21(25-13-4-14-28-19-11-9-18(22)10-12-19)26-15-16-5-7-17(8-6-16)20(27)23-2/h5-12H,3-4,13-15H2,1-2H3,(H,23,27)(H2,24,25,26). The predicted octanol–water partition coefficient (Wildman–Crippen LogP) is 3.42. The number of guanidine groups is 1. The van der Waals surface area contributed by atoms with Gasteiger partial charge in [0.25, 0.3) is 5.91 Å². The first-order valence-corrected chi connectivity index (χ1v) is 10.3. The van der Waals surface area contributed by atoms with E-state index >= 15 is 0 Å². The number of thioether (sulfide) groups is 1. The van der Waals surface area contributed by atoms with Crippen LogP contribution in [-0.4, -0.2) is 37.8 Å². The minimum Gasteiger partial charge on any atom is -0.357 e. The monoisotopic (exact) mass is 402 g/mol. The van der Waals surface area contributed by atoms with E-state index < -0.39 is 0 Å². The summed E-state index contributed by atoms with van der Waals surface area (Å²) < 4.78 is 12.9. The van der Waals surface area contributed by atoms with Gasteiger partial charge in [-0.25, -0.2) is 9.38 Å². The zero-order valence-corrected chi connectivity index (χ0v) is 17.1. The molecule has 5 nitrogen and oxygen atoms in total. The van der Waals surface area contributed by atoms with Gasteiger partial charge in [0.15, 0.2) is 5.96 Å². The maximum atomic E-state index is 12.9. The number of nitrogens with zero attached hydrogens (tertiary/aromatic N) is 1. The maximum absolute atomic E-state index is 12.9. The molecule has 0 radical (unpaired) electrons. The van der Waals surface area contributed by atoms with E-state index in [4.69, 9.17) is 0 Å². The van der Waals surface area contributed by atoms with Gasteiger partial charge in [0.05, 0.1) is 6.54 Å². The molecule has 1 amide bonds. The van der Waals surface area contributed by atoms with Crippen molar-refractivity contribution in [1.82, 2.24) is 16.0 Å². The van der Waals surface area contributed by atoms with Gasteiger partial charge in [-0.15, -0.1) is 11.8 Å². The fourth-order valence-electron chi connectivity index (χ4n) is 2.42. The van der Waals surface area contributed by atoms with Crippen LogP contribution in [0.15, 0.2) is 58.4 Å². The highest BCUT2D eigenvalue weighted by atomic mass is 32.2. The van der Waals surface area contributed by atoms with Crippen molar-refractivity contribution in [3.63, 3.8) is 0 Å². The molecule has 0 aliphatic rings. The second-order valence-corrected chi connectivity index (χ2v) is 7.22. The third-order valence-corrected chi connectivity index (χ3v) is 5.00. The van der Waals surface area contributed by atoms with E-state index in [2.05, 4.69) is 20.9 Å². The third kappa shape index (κ3) is 7.60. The number of hydrogen-bond acceptors (Lipinski definition) is 3. The molecule has 0 saturated heterocycles. The molecule has 0 unspecified atom stereocenters. The summed E-state index contributed by atoms with van der Waals surface area (Å²) in [6.07, 6.45) is 0.966. The fraction of sp³-hybridized carbons (Fsp3) is 0.333. The topological polar surface area (TPSA) is 65.5 Å². The van der Waals surface area contributed by atoms with E-state index in [1.54, 1.807) is 43.1 Å². The highest BCUT2D eigenvalue weighted by Gasteiger charge is 2.03. The second kappa shape index (κ2) is 12.0. The van der Waals surface area contributed by atoms with Gasteiger partial charge >= 0.3 is 0 Å². The van der Waals surface area contributed by atoms with E-state index in [0.717, 1.165) is 41.7 Å². The van der Waals surface area contributed by atoms with Crippen LogP contribution in [0.4, 0.5) is 4.39 Å². The number of carbonyl (C=O) groups excluding carboxylic acids is 1. The molecule has 0 saturated carbocycles. The SMILES string of the molecule is CCNC(=NCc1ccc(C(=O)NC)cc1)NCCCSc1ccc(F)cc1. The van der Waals surface area contributed by atoms with Gasteiger partial charge in [-0.3, -0.25) is 4.79 Å². The van der Waals surface area contributed by atoms with Crippen molar-refractivity contribution in [2.24, 2.45) is 4.99 Å². The van der Waals surface area contributed by atoms with Crippen LogP contribution in [0.2, 0.25) is 0 Å². The Kier molecular flexibility index (Phi) is 9.34. The van der Waals surface area contributed by atoms with Crippen molar-refractivity contribution in [1.29, 1.82) is 0 Å². The number of amides is 1. The minimum absolute atomic E-state index is 0.0939. The van der Waals surface area contributed by atoms with Gasteiger partial charge in [-0.05, 0) is 61.1 Å². The highest BCUT2D eigenvalue weighted by Crippen LogP contribution is 2.18. The Bertz CT molecular complexity index is 763. The average Bonchev–Trinajstić information content (AvgIpc) is 2.72. The molecule has 0 atom stereocenters. The van der Waals surface area contributed by atoms with E-state index in [1.807, 2.05) is 19.1 Å². The first-order valence-electron chi connectivity index (χ1n) is 9.34. The van der Waals surface area contributed by atoms with Crippen LogP contribution >= 0.6 is 11.8 Å². The Hall–Kier alpha value is -2.54. The van der Waals surface area contributed by atoms with Gasteiger partial charge in [0.2, 0.25) is 0 Å². The molecule has 2 aromatic rings. The summed E-state index contributed by atoms with van der Waals surface area (Å²) >= 11 is 1.71. The molecule has 2 rings (SSSR count). The largest absolute Gasteiger partial charge is 0.357 e. The molecule has 3 N–H and O–H groups in total. The number of carbonyl (C=O) groups is 1.